The Morgan fingerprint density at radius 2 is 2.16 bits per heavy atom. The van der Waals surface area contributed by atoms with Crippen molar-refractivity contribution >= 4 is 17.7 Å². The first-order valence-corrected chi connectivity index (χ1v) is 7.64. The lowest BCUT2D eigenvalue weighted by Crippen LogP contribution is -2.35. The van der Waals surface area contributed by atoms with Gasteiger partial charge in [0.05, 0.1) is 5.41 Å². The van der Waals surface area contributed by atoms with Crippen LogP contribution in [-0.4, -0.2) is 29.6 Å². The Morgan fingerprint density at radius 1 is 1.47 bits per heavy atom. The van der Waals surface area contributed by atoms with E-state index in [1.165, 1.54) is 4.90 Å². The molecule has 2 rings (SSSR count). The minimum Gasteiger partial charge on any atom is -0.338 e. The van der Waals surface area contributed by atoms with Crippen LogP contribution in [0.25, 0.3) is 0 Å². The van der Waals surface area contributed by atoms with Crippen molar-refractivity contribution in [2.24, 2.45) is 11.3 Å². The van der Waals surface area contributed by atoms with Gasteiger partial charge in [0.2, 0.25) is 5.91 Å². The fourth-order valence-electron chi connectivity index (χ4n) is 2.45. The summed E-state index contributed by atoms with van der Waals surface area (Å²) in [6, 6.07) is 10.3. The number of carbonyl (C=O) groups excluding carboxylic acids is 1. The number of nitrogens with zero attached hydrogens (tertiary/aromatic N) is 1. The standard InChI is InChI=1S/C16H21NOS/c1-4-10-17-11-13(2)16(3,15(17)18)12-19-14-8-6-5-7-9-14/h4-9,13H,1,10-12H2,2-3H3/t13-,16+/m1/s1. The van der Waals surface area contributed by atoms with Gasteiger partial charge in [-0.05, 0) is 25.0 Å². The molecule has 1 saturated heterocycles. The summed E-state index contributed by atoms with van der Waals surface area (Å²) >= 11 is 1.77. The van der Waals surface area contributed by atoms with E-state index < -0.39 is 0 Å². The smallest absolute Gasteiger partial charge is 0.229 e. The highest BCUT2D eigenvalue weighted by Gasteiger charge is 2.47. The molecular weight excluding hydrogens is 254 g/mol. The highest BCUT2D eigenvalue weighted by atomic mass is 32.2. The van der Waals surface area contributed by atoms with Crippen molar-refractivity contribution in [2.75, 3.05) is 18.8 Å². The number of likely N-dealkylation sites (tertiary alicyclic amines) is 1. The fourth-order valence-corrected chi connectivity index (χ4v) is 3.68. The van der Waals surface area contributed by atoms with E-state index in [-0.39, 0.29) is 11.3 Å². The van der Waals surface area contributed by atoms with Gasteiger partial charge in [-0.2, -0.15) is 0 Å². The average Bonchev–Trinajstić information content (AvgIpc) is 2.63. The Kier molecular flexibility index (Phi) is 4.35. The number of benzene rings is 1. The molecule has 0 aliphatic carbocycles. The van der Waals surface area contributed by atoms with Crippen LogP contribution in [0, 0.1) is 11.3 Å². The van der Waals surface area contributed by atoms with Gasteiger partial charge in [0.1, 0.15) is 0 Å². The topological polar surface area (TPSA) is 20.3 Å². The zero-order valence-corrected chi connectivity index (χ0v) is 12.5. The van der Waals surface area contributed by atoms with Gasteiger partial charge in [0.15, 0.2) is 0 Å². The Morgan fingerprint density at radius 3 is 2.79 bits per heavy atom. The molecule has 1 fully saturated rings. The molecule has 1 amide bonds. The van der Waals surface area contributed by atoms with Crippen LogP contribution < -0.4 is 0 Å². The summed E-state index contributed by atoms with van der Waals surface area (Å²) in [7, 11) is 0. The summed E-state index contributed by atoms with van der Waals surface area (Å²) in [6.07, 6.45) is 1.81. The number of amides is 1. The van der Waals surface area contributed by atoms with E-state index in [0.717, 1.165) is 12.3 Å². The maximum atomic E-state index is 12.5. The Hall–Kier alpha value is -1.22. The molecule has 1 aliphatic heterocycles. The molecule has 0 radical (unpaired) electrons. The molecule has 1 aromatic carbocycles. The monoisotopic (exact) mass is 275 g/mol. The largest absolute Gasteiger partial charge is 0.338 e. The summed E-state index contributed by atoms with van der Waals surface area (Å²) in [5, 5.41) is 0. The maximum Gasteiger partial charge on any atom is 0.229 e. The van der Waals surface area contributed by atoms with E-state index in [1.807, 2.05) is 23.1 Å². The second-order valence-corrected chi connectivity index (χ2v) is 6.47. The quantitative estimate of drug-likeness (QED) is 0.606. The number of hydrogen-bond acceptors (Lipinski definition) is 2. The lowest BCUT2D eigenvalue weighted by atomic mass is 9.82. The molecule has 2 nitrogen and oxygen atoms in total. The molecule has 0 aromatic heterocycles. The summed E-state index contributed by atoms with van der Waals surface area (Å²) in [5.74, 6) is 1.49. The van der Waals surface area contributed by atoms with Crippen molar-refractivity contribution < 1.29 is 4.79 Å². The van der Waals surface area contributed by atoms with Gasteiger partial charge in [0, 0.05) is 23.7 Å². The zero-order chi connectivity index (χ0) is 13.9. The van der Waals surface area contributed by atoms with Crippen LogP contribution in [0.4, 0.5) is 0 Å². The van der Waals surface area contributed by atoms with Gasteiger partial charge in [0.25, 0.3) is 0 Å². The number of hydrogen-bond donors (Lipinski definition) is 0. The zero-order valence-electron chi connectivity index (χ0n) is 11.6. The highest BCUT2D eigenvalue weighted by molar-refractivity contribution is 7.99. The van der Waals surface area contributed by atoms with E-state index >= 15 is 0 Å². The van der Waals surface area contributed by atoms with Crippen LogP contribution in [0.3, 0.4) is 0 Å². The first kappa shape index (κ1) is 14.2. The van der Waals surface area contributed by atoms with Gasteiger partial charge < -0.3 is 4.90 Å². The van der Waals surface area contributed by atoms with Crippen molar-refractivity contribution in [1.29, 1.82) is 0 Å². The van der Waals surface area contributed by atoms with E-state index in [9.17, 15) is 4.79 Å². The summed E-state index contributed by atoms with van der Waals surface area (Å²) in [5.41, 5.74) is -0.260. The van der Waals surface area contributed by atoms with Crippen LogP contribution in [0.15, 0.2) is 47.9 Å². The predicted octanol–water partition coefficient (Wildman–Crippen LogP) is 3.45. The average molecular weight is 275 g/mol. The molecule has 3 heteroatoms. The first-order chi connectivity index (χ1) is 9.08. The normalized spacial score (nSPS) is 26.7. The first-order valence-electron chi connectivity index (χ1n) is 6.66. The van der Waals surface area contributed by atoms with Crippen LogP contribution >= 0.6 is 11.8 Å². The molecule has 1 aromatic rings. The summed E-state index contributed by atoms with van der Waals surface area (Å²) < 4.78 is 0. The lowest BCUT2D eigenvalue weighted by Gasteiger charge is -2.25. The molecule has 2 atom stereocenters. The molecule has 0 spiro atoms. The third-order valence-corrected chi connectivity index (χ3v) is 5.34. The van der Waals surface area contributed by atoms with Gasteiger partial charge in [-0.15, -0.1) is 18.3 Å². The van der Waals surface area contributed by atoms with Gasteiger partial charge in [-0.25, -0.2) is 0 Å². The molecular formula is C16H21NOS. The molecule has 102 valence electrons. The van der Waals surface area contributed by atoms with E-state index in [4.69, 9.17) is 0 Å². The minimum atomic E-state index is -0.260. The maximum absolute atomic E-state index is 12.5. The third-order valence-electron chi connectivity index (χ3n) is 3.99. The Balaban J connectivity index is 2.05. The van der Waals surface area contributed by atoms with E-state index in [1.54, 1.807) is 17.8 Å². The number of thioether (sulfide) groups is 1. The molecule has 1 aliphatic rings. The fraction of sp³-hybridized carbons (Fsp3) is 0.438. The Bertz CT molecular complexity index is 459. The molecule has 0 unspecified atom stereocenters. The molecule has 1 heterocycles. The van der Waals surface area contributed by atoms with Crippen LogP contribution in [0.1, 0.15) is 13.8 Å². The van der Waals surface area contributed by atoms with Gasteiger partial charge >= 0.3 is 0 Å². The van der Waals surface area contributed by atoms with Crippen LogP contribution in [0.2, 0.25) is 0 Å². The van der Waals surface area contributed by atoms with Crippen molar-refractivity contribution in [3.63, 3.8) is 0 Å². The highest BCUT2D eigenvalue weighted by Crippen LogP contribution is 2.41. The van der Waals surface area contributed by atoms with Crippen molar-refractivity contribution in [3.05, 3.63) is 43.0 Å². The molecule has 0 N–H and O–H groups in total. The number of rotatable bonds is 5. The van der Waals surface area contributed by atoms with Gasteiger partial charge in [-0.1, -0.05) is 31.2 Å². The van der Waals surface area contributed by atoms with Crippen LogP contribution in [-0.2, 0) is 4.79 Å². The predicted molar refractivity (Wildman–Crippen MR) is 81.2 cm³/mol. The minimum absolute atomic E-state index is 0.260. The van der Waals surface area contributed by atoms with Crippen molar-refractivity contribution in [1.82, 2.24) is 4.90 Å². The van der Waals surface area contributed by atoms with E-state index in [2.05, 4.69) is 32.6 Å². The van der Waals surface area contributed by atoms with Crippen molar-refractivity contribution in [3.8, 4) is 0 Å². The van der Waals surface area contributed by atoms with E-state index in [0.29, 0.717) is 12.5 Å². The van der Waals surface area contributed by atoms with Crippen LogP contribution in [0.5, 0.6) is 0 Å². The van der Waals surface area contributed by atoms with Crippen molar-refractivity contribution in [2.45, 2.75) is 18.7 Å². The summed E-state index contributed by atoms with van der Waals surface area (Å²) in [4.78, 5) is 15.7. The second kappa shape index (κ2) is 5.83. The second-order valence-electron chi connectivity index (χ2n) is 5.42. The molecule has 0 saturated carbocycles. The third kappa shape index (κ3) is 2.86. The lowest BCUT2D eigenvalue weighted by molar-refractivity contribution is -0.134. The molecule has 19 heavy (non-hydrogen) atoms. The molecule has 0 bridgehead atoms. The Labute approximate surface area is 119 Å². The number of carbonyl (C=O) groups is 1. The SMILES string of the molecule is C=CCN1C[C@@H](C)[C@](C)(CSc2ccccc2)C1=O. The summed E-state index contributed by atoms with van der Waals surface area (Å²) in [6.45, 7) is 9.50. The van der Waals surface area contributed by atoms with Gasteiger partial charge in [-0.3, -0.25) is 4.79 Å².